The molecule has 1 saturated heterocycles. The Morgan fingerprint density at radius 1 is 1.03 bits per heavy atom. The first-order chi connectivity index (χ1) is 19.0. The number of nitrogens with two attached hydrogens (primary N) is 1. The number of hydrogen-bond donors (Lipinski definition) is 2. The van der Waals surface area contributed by atoms with Crippen molar-refractivity contribution >= 4 is 34.7 Å². The first-order valence-corrected chi connectivity index (χ1v) is 13.2. The number of carbonyl (C=O) groups is 1. The van der Waals surface area contributed by atoms with E-state index in [1.165, 1.54) is 5.56 Å². The molecular weight excluding hydrogens is 490 g/mol. The van der Waals surface area contributed by atoms with Gasteiger partial charge in [-0.25, -0.2) is 9.67 Å². The molecule has 10 heteroatoms. The van der Waals surface area contributed by atoms with Gasteiger partial charge in [0.2, 0.25) is 11.9 Å². The summed E-state index contributed by atoms with van der Waals surface area (Å²) >= 11 is 0. The Bertz CT molecular complexity index is 1590. The summed E-state index contributed by atoms with van der Waals surface area (Å²) < 4.78 is 3.51. The van der Waals surface area contributed by atoms with Crippen LogP contribution in [0.3, 0.4) is 0 Å². The maximum absolute atomic E-state index is 13.1. The van der Waals surface area contributed by atoms with Crippen molar-refractivity contribution in [1.29, 1.82) is 0 Å². The minimum absolute atomic E-state index is 0.0397. The van der Waals surface area contributed by atoms with Crippen LogP contribution in [-0.2, 0) is 17.9 Å². The number of rotatable bonds is 7. The van der Waals surface area contributed by atoms with Gasteiger partial charge in [-0.3, -0.25) is 4.79 Å². The lowest BCUT2D eigenvalue weighted by Gasteiger charge is -2.33. The van der Waals surface area contributed by atoms with Gasteiger partial charge in [-0.2, -0.15) is 15.1 Å². The molecule has 39 heavy (non-hydrogen) atoms. The third-order valence-electron chi connectivity index (χ3n) is 7.19. The highest BCUT2D eigenvalue weighted by Gasteiger charge is 2.25. The van der Waals surface area contributed by atoms with Crippen LogP contribution >= 0.6 is 0 Å². The van der Waals surface area contributed by atoms with Gasteiger partial charge in [-0.15, -0.1) is 0 Å². The zero-order chi connectivity index (χ0) is 26.8. The van der Waals surface area contributed by atoms with Gasteiger partial charge in [0.25, 0.3) is 0 Å². The number of aromatic nitrogens is 6. The number of fused-ring (bicyclic) bond motifs is 1. The van der Waals surface area contributed by atoms with E-state index < -0.39 is 0 Å². The number of aryl methyl sites for hydroxylation is 1. The van der Waals surface area contributed by atoms with Crippen molar-refractivity contribution in [1.82, 2.24) is 29.3 Å². The average molecular weight is 522 g/mol. The lowest BCUT2D eigenvalue weighted by molar-refractivity contribution is -0.116. The van der Waals surface area contributed by atoms with Crippen LogP contribution in [0.2, 0.25) is 0 Å². The molecule has 0 aliphatic carbocycles. The van der Waals surface area contributed by atoms with Crippen LogP contribution in [0.5, 0.6) is 0 Å². The molecule has 1 fully saturated rings. The van der Waals surface area contributed by atoms with Crippen LogP contribution < -0.4 is 16.0 Å². The van der Waals surface area contributed by atoms with Crippen molar-refractivity contribution in [3.8, 4) is 0 Å². The molecule has 6 rings (SSSR count). The highest BCUT2D eigenvalue weighted by atomic mass is 16.2. The van der Waals surface area contributed by atoms with Crippen LogP contribution in [0.4, 0.5) is 17.6 Å². The van der Waals surface area contributed by atoms with Crippen molar-refractivity contribution in [3.63, 3.8) is 0 Å². The summed E-state index contributed by atoms with van der Waals surface area (Å²) in [5, 5.41) is 7.54. The number of imidazole rings is 1. The van der Waals surface area contributed by atoms with Gasteiger partial charge < -0.3 is 20.5 Å². The second kappa shape index (κ2) is 10.6. The van der Waals surface area contributed by atoms with Crippen LogP contribution in [0, 0.1) is 6.92 Å². The van der Waals surface area contributed by atoms with Crippen LogP contribution in [0.15, 0.2) is 73.1 Å². The fraction of sp³-hybridized carbons (Fsp3) is 0.276. The van der Waals surface area contributed by atoms with Crippen molar-refractivity contribution < 1.29 is 4.79 Å². The number of hydrogen-bond acceptors (Lipinski definition) is 7. The summed E-state index contributed by atoms with van der Waals surface area (Å²) in [6, 6.07) is 22.5. The number of nitrogens with zero attached hydrogens (tertiary/aromatic N) is 7. The predicted molar refractivity (Wildman–Crippen MR) is 152 cm³/mol. The maximum atomic E-state index is 13.1. The second-order valence-electron chi connectivity index (χ2n) is 9.98. The predicted octanol–water partition coefficient (Wildman–Crippen LogP) is 3.98. The first-order valence-electron chi connectivity index (χ1n) is 13.2. The van der Waals surface area contributed by atoms with E-state index in [1.54, 1.807) is 15.6 Å². The number of piperidine rings is 1. The Labute approximate surface area is 226 Å². The Morgan fingerprint density at radius 2 is 1.74 bits per heavy atom. The molecule has 0 saturated carbocycles. The topological polar surface area (TPSA) is 120 Å². The lowest BCUT2D eigenvalue weighted by atomic mass is 9.89. The number of benzene rings is 2. The number of carbonyl (C=O) groups excluding carboxylic acids is 1. The highest BCUT2D eigenvalue weighted by Crippen LogP contribution is 2.32. The molecule has 0 spiro atoms. The summed E-state index contributed by atoms with van der Waals surface area (Å²) in [4.78, 5) is 28.9. The van der Waals surface area contributed by atoms with E-state index in [4.69, 9.17) is 5.73 Å². The molecule has 5 aromatic rings. The molecule has 1 aliphatic heterocycles. The van der Waals surface area contributed by atoms with Crippen LogP contribution in [-0.4, -0.2) is 48.3 Å². The summed E-state index contributed by atoms with van der Waals surface area (Å²) in [5.41, 5.74) is 10.6. The van der Waals surface area contributed by atoms with E-state index in [1.807, 2.05) is 43.3 Å². The van der Waals surface area contributed by atoms with Gasteiger partial charge in [0.1, 0.15) is 12.4 Å². The molecule has 198 valence electrons. The Hall–Kier alpha value is -4.73. The smallest absolute Gasteiger partial charge is 0.245 e. The van der Waals surface area contributed by atoms with Crippen molar-refractivity contribution in [2.45, 2.75) is 38.8 Å². The number of nitrogens with one attached hydrogen (secondary N) is 1. The Balaban J connectivity index is 1.17. The van der Waals surface area contributed by atoms with E-state index in [9.17, 15) is 4.79 Å². The molecule has 10 nitrogen and oxygen atoms in total. The molecule has 1 amide bonds. The molecule has 0 atom stereocenters. The largest absolute Gasteiger partial charge is 0.368 e. The molecule has 3 N–H and O–H groups in total. The molecule has 4 heterocycles. The minimum atomic E-state index is -0.203. The Morgan fingerprint density at radius 3 is 2.49 bits per heavy atom. The molecular formula is C29H31N9O. The van der Waals surface area contributed by atoms with E-state index in [2.05, 4.69) is 60.6 Å². The van der Waals surface area contributed by atoms with Crippen molar-refractivity contribution in [3.05, 3.63) is 89.9 Å². The zero-order valence-electron chi connectivity index (χ0n) is 21.9. The molecule has 2 aromatic carbocycles. The fourth-order valence-electron chi connectivity index (χ4n) is 5.29. The van der Waals surface area contributed by atoms with E-state index in [0.29, 0.717) is 29.4 Å². The lowest BCUT2D eigenvalue weighted by Crippen LogP contribution is -2.34. The van der Waals surface area contributed by atoms with E-state index >= 15 is 0 Å². The van der Waals surface area contributed by atoms with Gasteiger partial charge in [0, 0.05) is 19.2 Å². The van der Waals surface area contributed by atoms with Crippen LogP contribution in [0.1, 0.15) is 35.6 Å². The number of anilines is 3. The molecule has 1 aliphatic rings. The highest BCUT2D eigenvalue weighted by molar-refractivity contribution is 5.91. The van der Waals surface area contributed by atoms with Crippen LogP contribution in [0.25, 0.3) is 11.2 Å². The summed E-state index contributed by atoms with van der Waals surface area (Å²) in [6.07, 6.45) is 3.67. The minimum Gasteiger partial charge on any atom is -0.368 e. The average Bonchev–Trinajstić information content (AvgIpc) is 3.51. The third kappa shape index (κ3) is 5.31. The van der Waals surface area contributed by atoms with E-state index in [-0.39, 0.29) is 18.4 Å². The second-order valence-corrected chi connectivity index (χ2v) is 9.98. The quantitative estimate of drug-likeness (QED) is 0.332. The first kappa shape index (κ1) is 24.6. The summed E-state index contributed by atoms with van der Waals surface area (Å²) in [5.74, 6) is 1.85. The monoisotopic (exact) mass is 521 g/mol. The summed E-state index contributed by atoms with van der Waals surface area (Å²) in [7, 11) is 0. The van der Waals surface area contributed by atoms with Crippen molar-refractivity contribution in [2.75, 3.05) is 29.0 Å². The number of nitrogen functional groups attached to an aromatic ring is 1. The third-order valence-corrected chi connectivity index (χ3v) is 7.19. The maximum Gasteiger partial charge on any atom is 0.245 e. The molecule has 0 unspecified atom stereocenters. The normalized spacial score (nSPS) is 14.1. The fourth-order valence-corrected chi connectivity index (χ4v) is 5.29. The standard InChI is InChI=1S/C29H31N9O/c1-20-16-24(38(35-20)17-21-8-4-2-5-9-21)32-25(39)18-37-19-31-26-27(33-29(30)34-28(26)37)36-14-12-23(13-15-36)22-10-6-3-7-11-22/h2-11,16,19,23H,12-15,17-18H2,1H3,(H,32,39)(H2,30,33,34). The molecule has 3 aromatic heterocycles. The van der Waals surface area contributed by atoms with Gasteiger partial charge in [-0.1, -0.05) is 60.7 Å². The molecule has 0 radical (unpaired) electrons. The zero-order valence-corrected chi connectivity index (χ0v) is 21.9. The van der Waals surface area contributed by atoms with Gasteiger partial charge in [0.05, 0.1) is 18.6 Å². The van der Waals surface area contributed by atoms with Gasteiger partial charge in [-0.05, 0) is 36.8 Å². The van der Waals surface area contributed by atoms with Gasteiger partial charge >= 0.3 is 0 Å². The SMILES string of the molecule is Cc1cc(NC(=O)Cn2cnc3c(N4CCC(c5ccccc5)CC4)nc(N)nc32)n(Cc2ccccc2)n1. The van der Waals surface area contributed by atoms with Gasteiger partial charge in [0.15, 0.2) is 17.0 Å². The van der Waals surface area contributed by atoms with E-state index in [0.717, 1.165) is 43.0 Å². The summed E-state index contributed by atoms with van der Waals surface area (Å²) in [6.45, 7) is 4.21. The number of amides is 1. The molecule has 0 bridgehead atoms. The Kier molecular flexibility index (Phi) is 6.66. The van der Waals surface area contributed by atoms with Crippen molar-refractivity contribution in [2.24, 2.45) is 0 Å².